The molecule has 1 N–H and O–H groups in total. The van der Waals surface area contributed by atoms with Crippen molar-refractivity contribution in [1.82, 2.24) is 15.2 Å². The first-order valence-corrected chi connectivity index (χ1v) is 15.4. The van der Waals surface area contributed by atoms with Gasteiger partial charge in [-0.15, -0.1) is 0 Å². The number of thioether (sulfide) groups is 1. The standard InChI is InChI=1S/C28H27F2N5O5S2/c1-17(2)20-10-7-11-21-24(26(37)33-15-23(36)34-16-28(29,30)12-19(34)13-31)22(14-32-25(20)21)41-27(38)35(42(3,39)40)18-8-5-4-6-9-18/h4-11,14,17,19H,12,15-16H2,1-3H3,(H,33,37). The Bertz CT molecular complexity index is 1690. The lowest BCUT2D eigenvalue weighted by atomic mass is 9.97. The van der Waals surface area contributed by atoms with Crippen LogP contribution in [-0.2, 0) is 14.8 Å². The fourth-order valence-corrected chi connectivity index (χ4v) is 6.76. The molecule has 14 heteroatoms. The molecule has 0 saturated carbocycles. The molecule has 1 atom stereocenters. The second-order valence-electron chi connectivity index (χ2n) is 10.0. The molecule has 2 heterocycles. The number of likely N-dealkylation sites (tertiary alicyclic amines) is 1. The van der Waals surface area contributed by atoms with Gasteiger partial charge < -0.3 is 10.2 Å². The largest absolute Gasteiger partial charge is 0.343 e. The second-order valence-corrected chi connectivity index (χ2v) is 12.9. The van der Waals surface area contributed by atoms with Crippen LogP contribution in [0.25, 0.3) is 10.9 Å². The van der Waals surface area contributed by atoms with E-state index in [2.05, 4.69) is 10.3 Å². The van der Waals surface area contributed by atoms with Crippen molar-refractivity contribution >= 4 is 55.4 Å². The molecular weight excluding hydrogens is 588 g/mol. The Hall–Kier alpha value is -4.09. The Balaban J connectivity index is 1.71. The van der Waals surface area contributed by atoms with Gasteiger partial charge in [0.05, 0.1) is 42.2 Å². The summed E-state index contributed by atoms with van der Waals surface area (Å²) in [6, 6.07) is 13.2. The minimum Gasteiger partial charge on any atom is -0.343 e. The molecule has 3 aromatic rings. The lowest BCUT2D eigenvalue weighted by Crippen LogP contribution is -2.43. The Labute approximate surface area is 245 Å². The predicted octanol–water partition coefficient (Wildman–Crippen LogP) is 4.53. The van der Waals surface area contributed by atoms with Crippen molar-refractivity contribution in [2.45, 2.75) is 43.0 Å². The van der Waals surface area contributed by atoms with Gasteiger partial charge in [0.15, 0.2) is 0 Å². The number of para-hydroxylation sites is 2. The van der Waals surface area contributed by atoms with E-state index in [1.165, 1.54) is 18.3 Å². The molecule has 1 saturated heterocycles. The molecule has 1 aliphatic rings. The zero-order chi connectivity index (χ0) is 30.8. The summed E-state index contributed by atoms with van der Waals surface area (Å²) in [6.07, 6.45) is 1.37. The third kappa shape index (κ3) is 6.52. The smallest absolute Gasteiger partial charge is 0.304 e. The molecule has 220 valence electrons. The monoisotopic (exact) mass is 615 g/mol. The van der Waals surface area contributed by atoms with E-state index < -0.39 is 58.6 Å². The van der Waals surface area contributed by atoms with E-state index in [9.17, 15) is 36.8 Å². The zero-order valence-corrected chi connectivity index (χ0v) is 24.5. The Kier molecular flexibility index (Phi) is 8.84. The molecule has 0 spiro atoms. The maximum atomic E-state index is 13.9. The van der Waals surface area contributed by atoms with E-state index in [4.69, 9.17) is 0 Å². The molecule has 1 unspecified atom stereocenters. The van der Waals surface area contributed by atoms with E-state index in [-0.39, 0.29) is 22.1 Å². The molecular formula is C28H27F2N5O5S2. The molecule has 1 fully saturated rings. The van der Waals surface area contributed by atoms with Crippen molar-refractivity contribution in [1.29, 1.82) is 5.26 Å². The van der Waals surface area contributed by atoms with Gasteiger partial charge in [-0.1, -0.05) is 50.2 Å². The number of sulfonamides is 1. The number of anilines is 1. The minimum absolute atomic E-state index is 0.0115. The summed E-state index contributed by atoms with van der Waals surface area (Å²) in [5.41, 5.74) is 1.32. The first-order valence-electron chi connectivity index (χ1n) is 12.8. The quantitative estimate of drug-likeness (QED) is 0.383. The van der Waals surface area contributed by atoms with E-state index in [1.807, 2.05) is 19.9 Å². The van der Waals surface area contributed by atoms with Crippen LogP contribution >= 0.6 is 11.8 Å². The number of hydrogen-bond donors (Lipinski definition) is 1. The molecule has 0 aliphatic carbocycles. The van der Waals surface area contributed by atoms with Crippen LogP contribution in [0.4, 0.5) is 19.3 Å². The number of alkyl halides is 2. The van der Waals surface area contributed by atoms with Gasteiger partial charge >= 0.3 is 5.24 Å². The van der Waals surface area contributed by atoms with Gasteiger partial charge in [-0.2, -0.15) is 9.57 Å². The highest BCUT2D eigenvalue weighted by Crippen LogP contribution is 2.35. The van der Waals surface area contributed by atoms with Crippen LogP contribution in [0, 0.1) is 11.3 Å². The number of nitriles is 1. The minimum atomic E-state index is -4.07. The molecule has 3 amide bonds. The molecule has 4 rings (SSSR count). The van der Waals surface area contributed by atoms with Gasteiger partial charge in [0.2, 0.25) is 15.9 Å². The number of carbonyl (C=O) groups is 3. The van der Waals surface area contributed by atoms with Gasteiger partial charge in [0, 0.05) is 22.9 Å². The summed E-state index contributed by atoms with van der Waals surface area (Å²) < 4.78 is 53.5. The summed E-state index contributed by atoms with van der Waals surface area (Å²) in [6.45, 7) is 2.25. The molecule has 10 nitrogen and oxygen atoms in total. The number of carbonyl (C=O) groups excluding carboxylic acids is 3. The van der Waals surface area contributed by atoms with Crippen LogP contribution in [0.3, 0.4) is 0 Å². The van der Waals surface area contributed by atoms with E-state index in [0.717, 1.165) is 16.7 Å². The lowest BCUT2D eigenvalue weighted by molar-refractivity contribution is -0.131. The number of aromatic nitrogens is 1. The van der Waals surface area contributed by atoms with Gasteiger partial charge in [-0.3, -0.25) is 19.4 Å². The average molecular weight is 616 g/mol. The lowest BCUT2D eigenvalue weighted by Gasteiger charge is -2.21. The summed E-state index contributed by atoms with van der Waals surface area (Å²) in [5.74, 6) is -4.89. The highest BCUT2D eigenvalue weighted by atomic mass is 32.2. The Morgan fingerprint density at radius 1 is 1.19 bits per heavy atom. The van der Waals surface area contributed by atoms with E-state index >= 15 is 0 Å². The summed E-state index contributed by atoms with van der Waals surface area (Å²) in [5, 5.41) is 11.1. The summed E-state index contributed by atoms with van der Waals surface area (Å²) >= 11 is 0.468. The van der Waals surface area contributed by atoms with Gasteiger partial charge in [0.1, 0.15) is 6.04 Å². The van der Waals surface area contributed by atoms with Crippen molar-refractivity contribution in [3.63, 3.8) is 0 Å². The van der Waals surface area contributed by atoms with Gasteiger partial charge in [0.25, 0.3) is 11.8 Å². The molecule has 2 aromatic carbocycles. The fourth-order valence-electron chi connectivity index (χ4n) is 4.68. The van der Waals surface area contributed by atoms with Crippen LogP contribution in [0.5, 0.6) is 0 Å². The highest BCUT2D eigenvalue weighted by molar-refractivity contribution is 8.15. The van der Waals surface area contributed by atoms with Gasteiger partial charge in [-0.05, 0) is 35.4 Å². The predicted molar refractivity (Wildman–Crippen MR) is 154 cm³/mol. The SMILES string of the molecule is CC(C)c1cccc2c(C(=O)NCC(=O)N3CC(F)(F)CC3C#N)c(SC(=O)N(c3ccccc3)S(C)(=O)=O)cnc12. The van der Waals surface area contributed by atoms with E-state index in [1.54, 1.807) is 36.4 Å². The van der Waals surface area contributed by atoms with Crippen molar-refractivity contribution in [3.8, 4) is 6.07 Å². The summed E-state index contributed by atoms with van der Waals surface area (Å²) in [4.78, 5) is 45.0. The van der Waals surface area contributed by atoms with Crippen molar-refractivity contribution < 1.29 is 31.6 Å². The molecule has 42 heavy (non-hydrogen) atoms. The normalized spacial score (nSPS) is 16.3. The number of rotatable bonds is 7. The first kappa shape index (κ1) is 30.9. The topological polar surface area (TPSA) is 141 Å². The van der Waals surface area contributed by atoms with Crippen LogP contribution < -0.4 is 9.62 Å². The van der Waals surface area contributed by atoms with E-state index in [0.29, 0.717) is 27.0 Å². The van der Waals surface area contributed by atoms with Crippen LogP contribution in [-0.4, -0.2) is 66.7 Å². The third-order valence-electron chi connectivity index (χ3n) is 6.57. The number of pyridine rings is 1. The molecule has 0 radical (unpaired) electrons. The van der Waals surface area contributed by atoms with Crippen molar-refractivity contribution in [2.24, 2.45) is 0 Å². The number of hydrogen-bond acceptors (Lipinski definition) is 8. The number of benzene rings is 2. The maximum absolute atomic E-state index is 13.9. The van der Waals surface area contributed by atoms with Crippen LogP contribution in [0.15, 0.2) is 59.6 Å². The van der Waals surface area contributed by atoms with Crippen LogP contribution in [0.1, 0.15) is 42.1 Å². The number of nitrogens with zero attached hydrogens (tertiary/aromatic N) is 4. The molecule has 1 aliphatic heterocycles. The number of amides is 3. The number of fused-ring (bicyclic) bond motifs is 1. The summed E-state index contributed by atoms with van der Waals surface area (Å²) in [7, 11) is -4.07. The number of halogens is 2. The number of nitrogens with one attached hydrogen (secondary N) is 1. The Morgan fingerprint density at radius 3 is 2.50 bits per heavy atom. The third-order valence-corrected chi connectivity index (χ3v) is 8.61. The second kappa shape index (κ2) is 12.0. The Morgan fingerprint density at radius 2 is 1.88 bits per heavy atom. The van der Waals surface area contributed by atoms with Gasteiger partial charge in [-0.25, -0.2) is 17.2 Å². The van der Waals surface area contributed by atoms with Crippen LogP contribution in [0.2, 0.25) is 0 Å². The molecule has 1 aromatic heterocycles. The molecule has 0 bridgehead atoms. The first-order chi connectivity index (χ1) is 19.7. The zero-order valence-electron chi connectivity index (χ0n) is 22.9. The maximum Gasteiger partial charge on any atom is 0.304 e. The average Bonchev–Trinajstić information content (AvgIpc) is 3.25. The van der Waals surface area contributed by atoms with Crippen molar-refractivity contribution in [2.75, 3.05) is 23.7 Å². The van der Waals surface area contributed by atoms with Crippen molar-refractivity contribution in [3.05, 3.63) is 65.9 Å². The highest BCUT2D eigenvalue weighted by Gasteiger charge is 2.47. The fraction of sp³-hybridized carbons (Fsp3) is 0.321.